The molecule has 8 heteroatoms. The molecule has 0 unspecified atom stereocenters. The summed E-state index contributed by atoms with van der Waals surface area (Å²) in [5.41, 5.74) is 4.12. The molecule has 0 N–H and O–H groups in total. The summed E-state index contributed by atoms with van der Waals surface area (Å²) in [7, 11) is 0. The Kier molecular flexibility index (Phi) is 5.79. The fourth-order valence-corrected chi connectivity index (χ4v) is 4.16. The molecule has 1 saturated heterocycles. The first-order valence-electron chi connectivity index (χ1n) is 10.8. The Morgan fingerprint density at radius 3 is 1.91 bits per heavy atom. The van der Waals surface area contributed by atoms with Crippen LogP contribution >= 0.6 is 11.6 Å². The van der Waals surface area contributed by atoms with E-state index < -0.39 is 0 Å². The number of benzene rings is 3. The van der Waals surface area contributed by atoms with Gasteiger partial charge in [-0.3, -0.25) is 9.59 Å². The van der Waals surface area contributed by atoms with E-state index in [1.165, 1.54) is 0 Å². The van der Waals surface area contributed by atoms with Crippen LogP contribution in [0, 0.1) is 0 Å². The van der Waals surface area contributed by atoms with Crippen molar-refractivity contribution in [1.82, 2.24) is 24.8 Å². The molecule has 0 saturated carbocycles. The van der Waals surface area contributed by atoms with Crippen molar-refractivity contribution in [2.45, 2.75) is 6.54 Å². The lowest BCUT2D eigenvalue weighted by Gasteiger charge is -2.35. The molecule has 1 aliphatic heterocycles. The van der Waals surface area contributed by atoms with Crippen LogP contribution in [0.1, 0.15) is 26.3 Å². The minimum absolute atomic E-state index is 0.0219. The number of para-hydroxylation sites is 1. The monoisotopic (exact) mass is 459 g/mol. The van der Waals surface area contributed by atoms with Gasteiger partial charge in [-0.25, -0.2) is 4.68 Å². The van der Waals surface area contributed by atoms with E-state index in [9.17, 15) is 9.59 Å². The van der Waals surface area contributed by atoms with Crippen LogP contribution < -0.4 is 0 Å². The molecule has 5 rings (SSSR count). The van der Waals surface area contributed by atoms with Crippen molar-refractivity contribution in [2.24, 2.45) is 0 Å². The first-order valence-corrected chi connectivity index (χ1v) is 11.2. The van der Waals surface area contributed by atoms with Crippen LogP contribution in [0.5, 0.6) is 0 Å². The normalized spacial score (nSPS) is 14.0. The highest BCUT2D eigenvalue weighted by Crippen LogP contribution is 2.16. The van der Waals surface area contributed by atoms with Gasteiger partial charge in [-0.15, -0.1) is 5.10 Å². The first kappa shape index (κ1) is 21.2. The lowest BCUT2D eigenvalue weighted by molar-refractivity contribution is 0.0535. The lowest BCUT2D eigenvalue weighted by Crippen LogP contribution is -2.50. The maximum Gasteiger partial charge on any atom is 0.253 e. The van der Waals surface area contributed by atoms with Gasteiger partial charge >= 0.3 is 0 Å². The fraction of sp³-hybridized carbons (Fsp3) is 0.200. The molecule has 166 valence electrons. The molecular weight excluding hydrogens is 438 g/mol. The second kappa shape index (κ2) is 9.03. The number of hydrogen-bond acceptors (Lipinski definition) is 4. The van der Waals surface area contributed by atoms with E-state index in [0.717, 1.165) is 16.6 Å². The van der Waals surface area contributed by atoms with E-state index in [1.807, 2.05) is 53.2 Å². The zero-order valence-corrected chi connectivity index (χ0v) is 18.7. The number of piperazine rings is 1. The van der Waals surface area contributed by atoms with Crippen LogP contribution in [-0.4, -0.2) is 62.8 Å². The van der Waals surface area contributed by atoms with Crippen LogP contribution in [0.15, 0.2) is 72.8 Å². The van der Waals surface area contributed by atoms with Crippen molar-refractivity contribution >= 4 is 34.4 Å². The molecule has 1 aliphatic rings. The number of hydrogen-bond donors (Lipinski definition) is 0. The fourth-order valence-electron chi connectivity index (χ4n) is 4.03. The third-order valence-corrected chi connectivity index (χ3v) is 6.15. The molecule has 2 amide bonds. The van der Waals surface area contributed by atoms with Crippen LogP contribution in [0.2, 0.25) is 5.02 Å². The standard InChI is InChI=1S/C25H22ClN5O2/c26-21-11-9-20(10-12-21)25(33)30-15-13-29(14-16-30)24(32)19-7-5-18(6-8-19)17-31-23-4-2-1-3-22(23)27-28-31/h1-12H,13-17H2. The summed E-state index contributed by atoms with van der Waals surface area (Å²) in [5, 5.41) is 9.00. The van der Waals surface area contributed by atoms with Gasteiger partial charge in [-0.2, -0.15) is 0 Å². The molecule has 0 radical (unpaired) electrons. The van der Waals surface area contributed by atoms with Gasteiger partial charge in [0, 0.05) is 42.3 Å². The van der Waals surface area contributed by atoms with Gasteiger partial charge in [0.25, 0.3) is 11.8 Å². The third-order valence-electron chi connectivity index (χ3n) is 5.90. The summed E-state index contributed by atoms with van der Waals surface area (Å²) in [4.78, 5) is 29.2. The van der Waals surface area contributed by atoms with Gasteiger partial charge in [0.05, 0.1) is 12.1 Å². The van der Waals surface area contributed by atoms with Crippen molar-refractivity contribution in [1.29, 1.82) is 0 Å². The van der Waals surface area contributed by atoms with E-state index in [4.69, 9.17) is 11.6 Å². The largest absolute Gasteiger partial charge is 0.335 e. The molecular formula is C25H22ClN5O2. The van der Waals surface area contributed by atoms with E-state index in [1.54, 1.807) is 34.1 Å². The number of carbonyl (C=O) groups excluding carboxylic acids is 2. The van der Waals surface area contributed by atoms with Crippen LogP contribution in [0.25, 0.3) is 11.0 Å². The molecule has 1 fully saturated rings. The number of amides is 2. The maximum atomic E-state index is 13.0. The molecule has 0 aliphatic carbocycles. The Hall–Kier alpha value is -3.71. The molecule has 3 aromatic carbocycles. The third kappa shape index (κ3) is 4.45. The molecule has 0 spiro atoms. The molecule has 1 aromatic heterocycles. The number of fused-ring (bicyclic) bond motifs is 1. The topological polar surface area (TPSA) is 71.3 Å². The number of carbonyl (C=O) groups is 2. The number of rotatable bonds is 4. The zero-order valence-electron chi connectivity index (χ0n) is 17.9. The van der Waals surface area contributed by atoms with Crippen LogP contribution in [-0.2, 0) is 6.54 Å². The summed E-state index contributed by atoms with van der Waals surface area (Å²) in [6, 6.07) is 22.3. The zero-order chi connectivity index (χ0) is 22.8. The lowest BCUT2D eigenvalue weighted by atomic mass is 10.1. The van der Waals surface area contributed by atoms with Gasteiger partial charge in [0.2, 0.25) is 0 Å². The van der Waals surface area contributed by atoms with Gasteiger partial charge in [0.1, 0.15) is 5.52 Å². The van der Waals surface area contributed by atoms with Gasteiger partial charge < -0.3 is 9.80 Å². The smallest absolute Gasteiger partial charge is 0.253 e. The first-order chi connectivity index (χ1) is 16.1. The average Bonchev–Trinajstić information content (AvgIpc) is 3.27. The van der Waals surface area contributed by atoms with Crippen molar-refractivity contribution in [3.05, 3.63) is 94.5 Å². The maximum absolute atomic E-state index is 13.0. The Balaban J connectivity index is 1.20. The Morgan fingerprint density at radius 2 is 1.30 bits per heavy atom. The Morgan fingerprint density at radius 1 is 0.758 bits per heavy atom. The molecule has 4 aromatic rings. The van der Waals surface area contributed by atoms with Crippen molar-refractivity contribution < 1.29 is 9.59 Å². The quantitative estimate of drug-likeness (QED) is 0.466. The van der Waals surface area contributed by atoms with Crippen molar-refractivity contribution in [3.63, 3.8) is 0 Å². The summed E-state index contributed by atoms with van der Waals surface area (Å²) in [6.45, 7) is 2.60. The SMILES string of the molecule is O=C(c1ccc(Cl)cc1)N1CCN(C(=O)c2ccc(Cn3nnc4ccccc43)cc2)CC1. The second-order valence-corrected chi connectivity index (χ2v) is 8.46. The summed E-state index contributed by atoms with van der Waals surface area (Å²) in [5.74, 6) is -0.0601. The summed E-state index contributed by atoms with van der Waals surface area (Å²) < 4.78 is 1.85. The number of aromatic nitrogens is 3. The van der Waals surface area contributed by atoms with Gasteiger partial charge in [-0.05, 0) is 54.1 Å². The molecule has 0 atom stereocenters. The number of halogens is 1. The van der Waals surface area contributed by atoms with E-state index in [0.29, 0.717) is 48.9 Å². The summed E-state index contributed by atoms with van der Waals surface area (Å²) >= 11 is 5.91. The van der Waals surface area contributed by atoms with Gasteiger partial charge in [0.15, 0.2) is 0 Å². The highest BCUT2D eigenvalue weighted by Gasteiger charge is 2.25. The van der Waals surface area contributed by atoms with Crippen molar-refractivity contribution in [2.75, 3.05) is 26.2 Å². The predicted molar refractivity (Wildman–Crippen MR) is 126 cm³/mol. The average molecular weight is 460 g/mol. The highest BCUT2D eigenvalue weighted by molar-refractivity contribution is 6.30. The number of nitrogens with zero attached hydrogens (tertiary/aromatic N) is 5. The minimum Gasteiger partial charge on any atom is -0.335 e. The highest BCUT2D eigenvalue weighted by atomic mass is 35.5. The van der Waals surface area contributed by atoms with Crippen molar-refractivity contribution in [3.8, 4) is 0 Å². The van der Waals surface area contributed by atoms with Gasteiger partial charge in [-0.1, -0.05) is 41.1 Å². The summed E-state index contributed by atoms with van der Waals surface area (Å²) in [6.07, 6.45) is 0. The van der Waals surface area contributed by atoms with Crippen LogP contribution in [0.3, 0.4) is 0 Å². The Labute approximate surface area is 196 Å². The Bertz CT molecular complexity index is 1290. The van der Waals surface area contributed by atoms with Crippen LogP contribution in [0.4, 0.5) is 0 Å². The predicted octanol–water partition coefficient (Wildman–Crippen LogP) is 3.73. The molecule has 33 heavy (non-hydrogen) atoms. The molecule has 7 nitrogen and oxygen atoms in total. The second-order valence-electron chi connectivity index (χ2n) is 8.02. The molecule has 0 bridgehead atoms. The van der Waals surface area contributed by atoms with E-state index in [-0.39, 0.29) is 11.8 Å². The molecule has 2 heterocycles. The minimum atomic E-state index is -0.0382. The van der Waals surface area contributed by atoms with E-state index in [2.05, 4.69) is 10.3 Å². The van der Waals surface area contributed by atoms with E-state index >= 15 is 0 Å².